The fourth-order valence-corrected chi connectivity index (χ4v) is 3.04. The Balaban J connectivity index is 2.68. The molecule has 0 radical (unpaired) electrons. The normalized spacial score (nSPS) is 28.3. The Hall–Kier alpha value is -0.640. The quantitative estimate of drug-likeness (QED) is 0.749. The maximum Gasteiger partial charge on any atom is 0.227 e. The average Bonchev–Trinajstić information content (AvgIpc) is 2.28. The van der Waals surface area contributed by atoms with Crippen molar-refractivity contribution in [3.05, 3.63) is 0 Å². The van der Waals surface area contributed by atoms with Crippen LogP contribution in [-0.4, -0.2) is 31.4 Å². The van der Waals surface area contributed by atoms with Gasteiger partial charge in [0.1, 0.15) is 0 Å². The molecule has 1 saturated carbocycles. The Labute approximate surface area is 96.5 Å². The molecule has 0 aliphatic heterocycles. The van der Waals surface area contributed by atoms with E-state index < -0.39 is 15.3 Å². The Bertz CT molecular complexity index is 361. The number of sulfonamides is 1. The Morgan fingerprint density at radius 2 is 2.12 bits per heavy atom. The first-order valence-electron chi connectivity index (χ1n) is 5.53. The molecule has 0 aromatic carbocycles. The monoisotopic (exact) mass is 246 g/mol. The molecule has 3 atom stereocenters. The molecule has 92 valence electrons. The highest BCUT2D eigenvalue weighted by Crippen LogP contribution is 2.24. The molecule has 0 spiro atoms. The minimum Gasteiger partial charge on any atom is -0.396 e. The smallest absolute Gasteiger partial charge is 0.227 e. The standard InChI is InChI=1S/C10H18N2O3S/c1-8(6-11)16(14,15)12-10-5-3-2-4-9(10)7-13/h8-10,12-13H,2-5,7H2,1H3. The van der Waals surface area contributed by atoms with Crippen LogP contribution >= 0.6 is 0 Å². The van der Waals surface area contributed by atoms with Gasteiger partial charge >= 0.3 is 0 Å². The van der Waals surface area contributed by atoms with E-state index in [0.717, 1.165) is 25.7 Å². The molecule has 1 fully saturated rings. The number of rotatable bonds is 4. The third kappa shape index (κ3) is 3.17. The van der Waals surface area contributed by atoms with E-state index in [4.69, 9.17) is 10.4 Å². The van der Waals surface area contributed by atoms with Crippen molar-refractivity contribution in [3.8, 4) is 6.07 Å². The zero-order chi connectivity index (χ0) is 12.2. The van der Waals surface area contributed by atoms with Gasteiger partial charge in [-0.25, -0.2) is 13.1 Å². The molecule has 0 heterocycles. The lowest BCUT2D eigenvalue weighted by Crippen LogP contribution is -2.46. The van der Waals surface area contributed by atoms with E-state index in [1.165, 1.54) is 6.92 Å². The number of nitrogens with one attached hydrogen (secondary N) is 1. The molecule has 2 N–H and O–H groups in total. The maximum absolute atomic E-state index is 11.7. The summed E-state index contributed by atoms with van der Waals surface area (Å²) in [5, 5.41) is 16.7. The summed E-state index contributed by atoms with van der Waals surface area (Å²) in [6, 6.07) is 1.49. The first-order chi connectivity index (χ1) is 7.51. The predicted molar refractivity (Wildman–Crippen MR) is 60.0 cm³/mol. The summed E-state index contributed by atoms with van der Waals surface area (Å²) in [7, 11) is -3.58. The summed E-state index contributed by atoms with van der Waals surface area (Å²) < 4.78 is 25.9. The molecular weight excluding hydrogens is 228 g/mol. The van der Waals surface area contributed by atoms with E-state index in [1.807, 2.05) is 0 Å². The molecule has 3 unspecified atom stereocenters. The predicted octanol–water partition coefficient (Wildman–Crippen LogP) is 0.369. The summed E-state index contributed by atoms with van der Waals surface area (Å²) in [5.41, 5.74) is 0. The summed E-state index contributed by atoms with van der Waals surface area (Å²) >= 11 is 0. The Kier molecular flexibility index (Phi) is 4.71. The van der Waals surface area contributed by atoms with Gasteiger partial charge in [0.05, 0.1) is 6.07 Å². The first-order valence-corrected chi connectivity index (χ1v) is 7.07. The van der Waals surface area contributed by atoms with Gasteiger partial charge in [-0.3, -0.25) is 0 Å². The highest BCUT2D eigenvalue weighted by molar-refractivity contribution is 7.90. The van der Waals surface area contributed by atoms with Crippen LogP contribution in [0, 0.1) is 17.2 Å². The van der Waals surface area contributed by atoms with Crippen LogP contribution in [0.15, 0.2) is 0 Å². The van der Waals surface area contributed by atoms with Crippen LogP contribution in [0.5, 0.6) is 0 Å². The molecule has 1 aliphatic carbocycles. The molecule has 16 heavy (non-hydrogen) atoms. The zero-order valence-corrected chi connectivity index (χ0v) is 10.2. The maximum atomic E-state index is 11.7. The average molecular weight is 246 g/mol. The van der Waals surface area contributed by atoms with Gasteiger partial charge in [-0.15, -0.1) is 0 Å². The fourth-order valence-electron chi connectivity index (χ4n) is 1.96. The molecule has 0 saturated heterocycles. The van der Waals surface area contributed by atoms with Gasteiger partial charge in [0, 0.05) is 12.6 Å². The van der Waals surface area contributed by atoms with Crippen LogP contribution in [0.3, 0.4) is 0 Å². The van der Waals surface area contributed by atoms with Crippen LogP contribution in [0.1, 0.15) is 32.6 Å². The molecular formula is C10H18N2O3S. The third-order valence-electron chi connectivity index (χ3n) is 3.11. The summed E-state index contributed by atoms with van der Waals surface area (Å²) in [6.07, 6.45) is 3.56. The van der Waals surface area contributed by atoms with Gasteiger partial charge in [-0.1, -0.05) is 12.8 Å². The van der Waals surface area contributed by atoms with Crippen LogP contribution in [-0.2, 0) is 10.0 Å². The molecule has 0 bridgehead atoms. The van der Waals surface area contributed by atoms with E-state index in [2.05, 4.69) is 4.72 Å². The van der Waals surface area contributed by atoms with Gasteiger partial charge in [-0.05, 0) is 25.7 Å². The van der Waals surface area contributed by atoms with Crippen molar-refractivity contribution in [3.63, 3.8) is 0 Å². The van der Waals surface area contributed by atoms with Gasteiger partial charge in [0.2, 0.25) is 10.0 Å². The SMILES string of the molecule is CC(C#N)S(=O)(=O)NC1CCCCC1CO. The number of nitrogens with zero attached hydrogens (tertiary/aromatic N) is 1. The minimum absolute atomic E-state index is 0.00583. The Morgan fingerprint density at radius 1 is 1.50 bits per heavy atom. The first kappa shape index (κ1) is 13.4. The largest absolute Gasteiger partial charge is 0.396 e. The topological polar surface area (TPSA) is 90.2 Å². The van der Waals surface area contributed by atoms with Crippen molar-refractivity contribution < 1.29 is 13.5 Å². The van der Waals surface area contributed by atoms with Crippen molar-refractivity contribution in [2.75, 3.05) is 6.61 Å². The number of hydrogen-bond donors (Lipinski definition) is 2. The minimum atomic E-state index is -3.58. The van der Waals surface area contributed by atoms with Crippen LogP contribution in [0.2, 0.25) is 0 Å². The number of aliphatic hydroxyl groups excluding tert-OH is 1. The van der Waals surface area contributed by atoms with Crippen molar-refractivity contribution in [1.29, 1.82) is 5.26 Å². The Morgan fingerprint density at radius 3 is 2.69 bits per heavy atom. The molecule has 0 aromatic heterocycles. The second-order valence-corrected chi connectivity index (χ2v) is 6.30. The highest BCUT2D eigenvalue weighted by Gasteiger charge is 2.30. The van der Waals surface area contributed by atoms with Gasteiger partial charge in [0.15, 0.2) is 5.25 Å². The van der Waals surface area contributed by atoms with E-state index >= 15 is 0 Å². The fraction of sp³-hybridized carbons (Fsp3) is 0.900. The van der Waals surface area contributed by atoms with Gasteiger partial charge < -0.3 is 5.11 Å². The molecule has 1 rings (SSSR count). The number of aliphatic hydroxyl groups is 1. The van der Waals surface area contributed by atoms with Crippen LogP contribution in [0.25, 0.3) is 0 Å². The third-order valence-corrected chi connectivity index (χ3v) is 4.77. The lowest BCUT2D eigenvalue weighted by atomic mass is 9.86. The van der Waals surface area contributed by atoms with E-state index in [-0.39, 0.29) is 18.6 Å². The van der Waals surface area contributed by atoms with E-state index in [0.29, 0.717) is 0 Å². The van der Waals surface area contributed by atoms with Crippen molar-refractivity contribution in [2.45, 2.75) is 43.9 Å². The molecule has 0 aromatic rings. The highest BCUT2D eigenvalue weighted by atomic mass is 32.2. The molecule has 5 nitrogen and oxygen atoms in total. The molecule has 6 heteroatoms. The van der Waals surface area contributed by atoms with Gasteiger partial charge in [0.25, 0.3) is 0 Å². The van der Waals surface area contributed by atoms with Crippen molar-refractivity contribution in [1.82, 2.24) is 4.72 Å². The number of hydrogen-bond acceptors (Lipinski definition) is 4. The van der Waals surface area contributed by atoms with E-state index in [9.17, 15) is 8.42 Å². The summed E-state index contributed by atoms with van der Waals surface area (Å²) in [4.78, 5) is 0. The molecule has 0 amide bonds. The molecule has 1 aliphatic rings. The number of nitriles is 1. The second-order valence-electron chi connectivity index (χ2n) is 4.27. The zero-order valence-electron chi connectivity index (χ0n) is 9.39. The van der Waals surface area contributed by atoms with E-state index in [1.54, 1.807) is 6.07 Å². The lowest BCUT2D eigenvalue weighted by molar-refractivity contribution is 0.164. The van der Waals surface area contributed by atoms with Crippen LogP contribution < -0.4 is 4.72 Å². The summed E-state index contributed by atoms with van der Waals surface area (Å²) in [5.74, 6) is -0.0191. The van der Waals surface area contributed by atoms with Crippen LogP contribution in [0.4, 0.5) is 0 Å². The second kappa shape index (κ2) is 5.62. The lowest BCUT2D eigenvalue weighted by Gasteiger charge is -2.30. The van der Waals surface area contributed by atoms with Crippen molar-refractivity contribution >= 4 is 10.0 Å². The van der Waals surface area contributed by atoms with Crippen molar-refractivity contribution in [2.24, 2.45) is 5.92 Å². The van der Waals surface area contributed by atoms with Gasteiger partial charge in [-0.2, -0.15) is 5.26 Å². The summed E-state index contributed by atoms with van der Waals surface area (Å²) in [6.45, 7) is 1.35.